The van der Waals surface area contributed by atoms with Crippen LogP contribution in [0, 0.1) is 0 Å². The summed E-state index contributed by atoms with van der Waals surface area (Å²) in [6.07, 6.45) is 1.63. The maximum Gasteiger partial charge on any atom is 0.263 e. The van der Waals surface area contributed by atoms with Crippen molar-refractivity contribution in [2.75, 3.05) is 4.72 Å². The summed E-state index contributed by atoms with van der Waals surface area (Å²) < 4.78 is 28.1. The van der Waals surface area contributed by atoms with Crippen LogP contribution in [0.1, 0.15) is 0 Å². The molecule has 3 aromatic rings. The summed E-state index contributed by atoms with van der Waals surface area (Å²) in [7, 11) is -3.73. The number of benzene rings is 1. The first-order valence-electron chi connectivity index (χ1n) is 6.05. The van der Waals surface area contributed by atoms with Gasteiger partial charge in [0, 0.05) is 11.6 Å². The van der Waals surface area contributed by atoms with Crippen LogP contribution in [0.4, 0.5) is 5.82 Å². The number of nitrogens with zero attached hydrogens (tertiary/aromatic N) is 2. The van der Waals surface area contributed by atoms with Crippen molar-refractivity contribution < 1.29 is 8.42 Å². The van der Waals surface area contributed by atoms with Gasteiger partial charge in [-0.15, -0.1) is 0 Å². The lowest BCUT2D eigenvalue weighted by atomic mass is 10.2. The zero-order valence-corrected chi connectivity index (χ0v) is 13.1. The molecule has 0 fully saturated rings. The van der Waals surface area contributed by atoms with E-state index in [0.717, 1.165) is 0 Å². The SMILES string of the molecule is O=S(=O)(Nc1cccc(Br)n1)c1cccc2ncccc12. The number of anilines is 1. The van der Waals surface area contributed by atoms with Crippen molar-refractivity contribution in [2.45, 2.75) is 4.90 Å². The average Bonchev–Trinajstić information content (AvgIpc) is 2.46. The minimum atomic E-state index is -3.73. The molecule has 0 aliphatic heterocycles. The molecule has 0 unspecified atom stereocenters. The van der Waals surface area contributed by atoms with Crippen LogP contribution in [-0.4, -0.2) is 18.4 Å². The van der Waals surface area contributed by atoms with Crippen molar-refractivity contribution in [1.82, 2.24) is 9.97 Å². The molecule has 0 saturated carbocycles. The number of pyridine rings is 2. The molecule has 0 aliphatic rings. The van der Waals surface area contributed by atoms with E-state index < -0.39 is 10.0 Å². The van der Waals surface area contributed by atoms with Gasteiger partial charge in [0.25, 0.3) is 10.0 Å². The lowest BCUT2D eigenvalue weighted by Crippen LogP contribution is -2.14. The second-order valence-electron chi connectivity index (χ2n) is 4.28. The highest BCUT2D eigenvalue weighted by molar-refractivity contribution is 9.10. The van der Waals surface area contributed by atoms with Gasteiger partial charge in [-0.05, 0) is 52.3 Å². The van der Waals surface area contributed by atoms with E-state index in [1.807, 2.05) is 0 Å². The molecule has 0 saturated heterocycles. The number of rotatable bonds is 3. The Balaban J connectivity index is 2.09. The van der Waals surface area contributed by atoms with Gasteiger partial charge in [0.1, 0.15) is 10.4 Å². The van der Waals surface area contributed by atoms with Gasteiger partial charge in [-0.2, -0.15) is 0 Å². The van der Waals surface area contributed by atoms with E-state index in [1.54, 1.807) is 54.7 Å². The number of hydrogen-bond acceptors (Lipinski definition) is 4. The van der Waals surface area contributed by atoms with Gasteiger partial charge in [-0.1, -0.05) is 12.1 Å². The van der Waals surface area contributed by atoms with Gasteiger partial charge in [0.05, 0.1) is 10.4 Å². The second kappa shape index (κ2) is 5.42. The Morgan fingerprint density at radius 1 is 1.00 bits per heavy atom. The highest BCUT2D eigenvalue weighted by atomic mass is 79.9. The van der Waals surface area contributed by atoms with Crippen LogP contribution in [0.25, 0.3) is 10.9 Å². The number of aromatic nitrogens is 2. The van der Waals surface area contributed by atoms with E-state index in [0.29, 0.717) is 15.5 Å². The number of nitrogens with one attached hydrogen (secondary N) is 1. The maximum absolute atomic E-state index is 12.5. The third kappa shape index (κ3) is 2.88. The van der Waals surface area contributed by atoms with Crippen molar-refractivity contribution in [3.05, 3.63) is 59.3 Å². The first-order valence-corrected chi connectivity index (χ1v) is 8.33. The normalized spacial score (nSPS) is 11.5. The molecule has 5 nitrogen and oxygen atoms in total. The highest BCUT2D eigenvalue weighted by Gasteiger charge is 2.18. The van der Waals surface area contributed by atoms with Crippen molar-refractivity contribution >= 4 is 42.7 Å². The average molecular weight is 364 g/mol. The third-order valence-electron chi connectivity index (χ3n) is 2.85. The first-order chi connectivity index (χ1) is 10.1. The van der Waals surface area contributed by atoms with Crippen LogP contribution in [0.15, 0.2) is 64.2 Å². The van der Waals surface area contributed by atoms with E-state index in [4.69, 9.17) is 0 Å². The monoisotopic (exact) mass is 363 g/mol. The number of halogens is 1. The molecule has 0 spiro atoms. The van der Waals surface area contributed by atoms with E-state index in [-0.39, 0.29) is 10.7 Å². The van der Waals surface area contributed by atoms with E-state index >= 15 is 0 Å². The molecule has 0 atom stereocenters. The van der Waals surface area contributed by atoms with Crippen molar-refractivity contribution in [2.24, 2.45) is 0 Å². The molecule has 21 heavy (non-hydrogen) atoms. The summed E-state index contributed by atoms with van der Waals surface area (Å²) in [6, 6.07) is 13.4. The largest absolute Gasteiger partial charge is 0.263 e. The van der Waals surface area contributed by atoms with Gasteiger partial charge in [0.15, 0.2) is 0 Å². The minimum Gasteiger partial charge on any atom is -0.263 e. The van der Waals surface area contributed by atoms with Gasteiger partial charge in [0.2, 0.25) is 0 Å². The van der Waals surface area contributed by atoms with Crippen molar-refractivity contribution in [3.63, 3.8) is 0 Å². The number of sulfonamides is 1. The molecule has 0 radical (unpaired) electrons. The summed E-state index contributed by atoms with van der Waals surface area (Å²) >= 11 is 3.21. The Bertz CT molecular complexity index is 907. The Morgan fingerprint density at radius 2 is 1.81 bits per heavy atom. The fraction of sp³-hybridized carbons (Fsp3) is 0. The molecule has 2 aromatic heterocycles. The first kappa shape index (κ1) is 14.0. The topological polar surface area (TPSA) is 72.0 Å². The molecule has 106 valence electrons. The zero-order chi connectivity index (χ0) is 14.9. The van der Waals surface area contributed by atoms with Gasteiger partial charge < -0.3 is 0 Å². The van der Waals surface area contributed by atoms with Crippen LogP contribution in [0.3, 0.4) is 0 Å². The van der Waals surface area contributed by atoms with Crippen molar-refractivity contribution in [1.29, 1.82) is 0 Å². The molecular weight excluding hydrogens is 354 g/mol. The van der Waals surface area contributed by atoms with Crippen LogP contribution >= 0.6 is 15.9 Å². The van der Waals surface area contributed by atoms with Gasteiger partial charge in [-0.3, -0.25) is 9.71 Å². The summed E-state index contributed by atoms with van der Waals surface area (Å²) in [5.41, 5.74) is 0.627. The Morgan fingerprint density at radius 3 is 2.62 bits per heavy atom. The summed E-state index contributed by atoms with van der Waals surface area (Å²) in [5, 5.41) is 0.572. The minimum absolute atomic E-state index is 0.176. The van der Waals surface area contributed by atoms with Crippen LogP contribution in [0.5, 0.6) is 0 Å². The molecule has 3 rings (SSSR count). The second-order valence-corrected chi connectivity index (χ2v) is 6.74. The Labute approximate surface area is 130 Å². The Hall–Kier alpha value is -1.99. The van der Waals surface area contributed by atoms with Crippen molar-refractivity contribution in [3.8, 4) is 0 Å². The van der Waals surface area contributed by atoms with Gasteiger partial charge >= 0.3 is 0 Å². The molecule has 0 bridgehead atoms. The smallest absolute Gasteiger partial charge is 0.263 e. The lowest BCUT2D eigenvalue weighted by Gasteiger charge is -2.09. The predicted octanol–water partition coefficient (Wildman–Crippen LogP) is 3.19. The molecular formula is C14H10BrN3O2S. The zero-order valence-electron chi connectivity index (χ0n) is 10.7. The summed E-state index contributed by atoms with van der Waals surface area (Å²) in [4.78, 5) is 8.41. The fourth-order valence-corrected chi connectivity index (χ4v) is 3.53. The molecule has 1 N–H and O–H groups in total. The maximum atomic E-state index is 12.5. The standard InChI is InChI=1S/C14H10BrN3O2S/c15-13-7-2-8-14(17-13)18-21(19,20)12-6-1-5-11-10(12)4-3-9-16-11/h1-9H,(H,17,18). The Kier molecular flexibility index (Phi) is 3.60. The molecule has 1 aromatic carbocycles. The van der Waals surface area contributed by atoms with Crippen LogP contribution in [-0.2, 0) is 10.0 Å². The quantitative estimate of drug-likeness (QED) is 0.725. The molecule has 7 heteroatoms. The third-order valence-corrected chi connectivity index (χ3v) is 4.70. The van der Waals surface area contributed by atoms with Gasteiger partial charge in [-0.25, -0.2) is 13.4 Å². The fourth-order valence-electron chi connectivity index (χ4n) is 1.97. The highest BCUT2D eigenvalue weighted by Crippen LogP contribution is 2.23. The van der Waals surface area contributed by atoms with Crippen LogP contribution < -0.4 is 4.72 Å². The summed E-state index contributed by atoms with van der Waals surface area (Å²) in [6.45, 7) is 0. The molecule has 0 aliphatic carbocycles. The van der Waals surface area contributed by atoms with E-state index in [1.165, 1.54) is 0 Å². The van der Waals surface area contributed by atoms with E-state index in [9.17, 15) is 8.42 Å². The summed E-state index contributed by atoms with van der Waals surface area (Å²) in [5.74, 6) is 0.255. The molecule has 0 amide bonds. The van der Waals surface area contributed by atoms with E-state index in [2.05, 4.69) is 30.6 Å². The predicted molar refractivity (Wildman–Crippen MR) is 84.5 cm³/mol. The lowest BCUT2D eigenvalue weighted by molar-refractivity contribution is 0.602. The number of fused-ring (bicyclic) bond motifs is 1. The van der Waals surface area contributed by atoms with Crippen LogP contribution in [0.2, 0.25) is 0 Å². The number of hydrogen-bond donors (Lipinski definition) is 1. The molecule has 2 heterocycles.